The zero-order valence-corrected chi connectivity index (χ0v) is 18.0. The lowest BCUT2D eigenvalue weighted by Gasteiger charge is -2.59. The van der Waals surface area contributed by atoms with Crippen LogP contribution >= 0.6 is 0 Å². The molecule has 8 heteroatoms. The van der Waals surface area contributed by atoms with Gasteiger partial charge in [0, 0.05) is 6.04 Å². The number of amides is 1. The summed E-state index contributed by atoms with van der Waals surface area (Å²) in [5.41, 5.74) is -1.05. The Kier molecular flexibility index (Phi) is 4.85. The van der Waals surface area contributed by atoms with Crippen LogP contribution in [0.2, 0.25) is 0 Å². The molecule has 5 rings (SSSR count). The normalized spacial score (nSPS) is 33.4. The molecule has 0 heterocycles. The molecule has 0 spiro atoms. The van der Waals surface area contributed by atoms with Gasteiger partial charge in [0.05, 0.1) is 11.9 Å². The third-order valence-corrected chi connectivity index (χ3v) is 8.80. The smallest absolute Gasteiger partial charge is 0.263 e. The van der Waals surface area contributed by atoms with E-state index >= 15 is 0 Å². The summed E-state index contributed by atoms with van der Waals surface area (Å²) in [4.78, 5) is 13.1. The molecule has 4 fully saturated rings. The number of carbonyl (C=O) groups excluding carboxylic acids is 1. The Hall–Kier alpha value is -1.80. The van der Waals surface area contributed by atoms with Crippen molar-refractivity contribution in [3.05, 3.63) is 24.3 Å². The molecule has 3 N–H and O–H groups in total. The van der Waals surface area contributed by atoms with Crippen molar-refractivity contribution in [2.45, 2.75) is 62.3 Å². The summed E-state index contributed by atoms with van der Waals surface area (Å²) >= 11 is 0. The molecule has 29 heavy (non-hydrogen) atoms. The number of rotatable bonds is 6. The molecule has 1 amide bonds. The van der Waals surface area contributed by atoms with E-state index in [0.717, 1.165) is 18.6 Å². The minimum Gasteiger partial charge on any atom is -0.497 e. The topological polar surface area (TPSA) is 108 Å². The second-order valence-corrected chi connectivity index (χ2v) is 11.4. The maximum absolute atomic E-state index is 13.1. The fourth-order valence-electron chi connectivity index (χ4n) is 5.84. The number of hydrogen-bond donors (Lipinski definition) is 2. The van der Waals surface area contributed by atoms with Gasteiger partial charge in [0.1, 0.15) is 11.5 Å². The lowest BCUT2D eigenvalue weighted by Crippen LogP contribution is -2.66. The van der Waals surface area contributed by atoms with Crippen molar-refractivity contribution in [3.63, 3.8) is 0 Å². The molecule has 4 bridgehead atoms. The Morgan fingerprint density at radius 2 is 1.66 bits per heavy atom. The van der Waals surface area contributed by atoms with E-state index in [1.807, 2.05) is 0 Å². The van der Waals surface area contributed by atoms with Crippen LogP contribution in [0.1, 0.15) is 46.0 Å². The maximum atomic E-state index is 13.1. The average molecular weight is 423 g/mol. The standard InChI is InChI=1S/C21H30N2O5S/c1-20(2,28-17-6-4-16(27-3)5-7-17)19(24)23-18-14-8-13-9-15(18)12-21(10-13,11-14)29(22,25)26/h4-7,13-15,18H,8-12H2,1-3H3,(H,23,24)(H2,22,25,26). The Labute approximate surface area is 172 Å². The first-order chi connectivity index (χ1) is 13.5. The number of carbonyl (C=O) groups is 1. The summed E-state index contributed by atoms with van der Waals surface area (Å²) < 4.78 is 34.9. The SMILES string of the molecule is COc1ccc(OC(C)(C)C(=O)NC2C3CC4CC2CC(S(N)(=O)=O)(C4)C3)cc1. The number of primary sulfonamides is 1. The van der Waals surface area contributed by atoms with Crippen molar-refractivity contribution in [2.24, 2.45) is 22.9 Å². The highest BCUT2D eigenvalue weighted by Crippen LogP contribution is 2.58. The third kappa shape index (κ3) is 3.61. The molecule has 4 aliphatic rings. The fraction of sp³-hybridized carbons (Fsp3) is 0.667. The second-order valence-electron chi connectivity index (χ2n) is 9.49. The molecular weight excluding hydrogens is 392 g/mol. The van der Waals surface area contributed by atoms with Gasteiger partial charge in [-0.25, -0.2) is 13.6 Å². The predicted octanol–water partition coefficient (Wildman–Crippen LogP) is 2.20. The van der Waals surface area contributed by atoms with Crippen molar-refractivity contribution in [1.82, 2.24) is 5.32 Å². The molecule has 160 valence electrons. The van der Waals surface area contributed by atoms with Gasteiger partial charge in [0.2, 0.25) is 10.0 Å². The first-order valence-corrected chi connectivity index (χ1v) is 11.7. The van der Waals surface area contributed by atoms with E-state index in [1.165, 1.54) is 0 Å². The Bertz CT molecular complexity index is 880. The molecule has 2 atom stereocenters. The van der Waals surface area contributed by atoms with E-state index in [2.05, 4.69) is 5.32 Å². The molecular formula is C21H30N2O5S. The summed E-state index contributed by atoms with van der Waals surface area (Å²) in [6.07, 6.45) is 3.68. The second kappa shape index (κ2) is 6.87. The molecule has 1 aromatic carbocycles. The van der Waals surface area contributed by atoms with Gasteiger partial charge in [-0.1, -0.05) is 0 Å². The van der Waals surface area contributed by atoms with Crippen LogP contribution in [-0.4, -0.2) is 37.8 Å². The summed E-state index contributed by atoms with van der Waals surface area (Å²) in [6, 6.07) is 7.09. The number of nitrogens with two attached hydrogens (primary N) is 1. The number of benzene rings is 1. The highest BCUT2D eigenvalue weighted by atomic mass is 32.2. The maximum Gasteiger partial charge on any atom is 0.263 e. The van der Waals surface area contributed by atoms with E-state index in [0.29, 0.717) is 30.9 Å². The van der Waals surface area contributed by atoms with Crippen LogP contribution in [0.25, 0.3) is 0 Å². The van der Waals surface area contributed by atoms with Gasteiger partial charge >= 0.3 is 0 Å². The van der Waals surface area contributed by atoms with Gasteiger partial charge in [-0.15, -0.1) is 0 Å². The van der Waals surface area contributed by atoms with Gasteiger partial charge in [-0.2, -0.15) is 0 Å². The van der Waals surface area contributed by atoms with Crippen LogP contribution in [-0.2, 0) is 14.8 Å². The van der Waals surface area contributed by atoms with Crippen molar-refractivity contribution in [1.29, 1.82) is 0 Å². The largest absolute Gasteiger partial charge is 0.497 e. The molecule has 0 radical (unpaired) electrons. The fourth-order valence-corrected chi connectivity index (χ4v) is 7.20. The van der Waals surface area contributed by atoms with Crippen molar-refractivity contribution < 1.29 is 22.7 Å². The highest BCUT2D eigenvalue weighted by molar-refractivity contribution is 7.90. The number of sulfonamides is 1. The molecule has 4 aliphatic carbocycles. The summed E-state index contributed by atoms with van der Waals surface area (Å²) in [7, 11) is -2.00. The zero-order valence-electron chi connectivity index (χ0n) is 17.2. The van der Waals surface area contributed by atoms with E-state index < -0.39 is 20.4 Å². The average Bonchev–Trinajstić information content (AvgIpc) is 2.63. The highest BCUT2D eigenvalue weighted by Gasteiger charge is 2.60. The third-order valence-electron chi connectivity index (χ3n) is 7.10. The molecule has 0 saturated heterocycles. The van der Waals surface area contributed by atoms with Gasteiger partial charge < -0.3 is 14.8 Å². The molecule has 7 nitrogen and oxygen atoms in total. The van der Waals surface area contributed by atoms with E-state index in [-0.39, 0.29) is 23.8 Å². The van der Waals surface area contributed by atoms with Crippen molar-refractivity contribution in [3.8, 4) is 11.5 Å². The van der Waals surface area contributed by atoms with Gasteiger partial charge in [0.25, 0.3) is 5.91 Å². The summed E-state index contributed by atoms with van der Waals surface area (Å²) in [5, 5.41) is 8.80. The van der Waals surface area contributed by atoms with E-state index in [9.17, 15) is 13.2 Å². The Balaban J connectivity index is 1.46. The van der Waals surface area contributed by atoms with Crippen molar-refractivity contribution in [2.75, 3.05) is 7.11 Å². The van der Waals surface area contributed by atoms with Crippen LogP contribution < -0.4 is 19.9 Å². The number of methoxy groups -OCH3 is 1. The lowest BCUT2D eigenvalue weighted by molar-refractivity contribution is -0.137. The molecule has 2 unspecified atom stereocenters. The predicted molar refractivity (Wildman–Crippen MR) is 109 cm³/mol. The van der Waals surface area contributed by atoms with Gasteiger partial charge in [0.15, 0.2) is 5.60 Å². The first-order valence-electron chi connectivity index (χ1n) is 10.2. The first kappa shape index (κ1) is 20.5. The molecule has 0 aliphatic heterocycles. The number of hydrogen-bond acceptors (Lipinski definition) is 5. The van der Waals surface area contributed by atoms with Crippen LogP contribution in [0, 0.1) is 17.8 Å². The minimum atomic E-state index is -3.60. The molecule has 4 saturated carbocycles. The monoisotopic (exact) mass is 422 g/mol. The van der Waals surface area contributed by atoms with Crippen LogP contribution in [0.5, 0.6) is 11.5 Å². The Morgan fingerprint density at radius 3 is 2.17 bits per heavy atom. The van der Waals surface area contributed by atoms with E-state index in [1.54, 1.807) is 45.2 Å². The van der Waals surface area contributed by atoms with Crippen molar-refractivity contribution >= 4 is 15.9 Å². The minimum absolute atomic E-state index is 0.0207. The molecule has 0 aromatic heterocycles. The van der Waals surface area contributed by atoms with Crippen LogP contribution in [0.3, 0.4) is 0 Å². The molecule has 1 aromatic rings. The Morgan fingerprint density at radius 1 is 1.10 bits per heavy atom. The van der Waals surface area contributed by atoms with E-state index in [4.69, 9.17) is 14.6 Å². The zero-order chi connectivity index (χ0) is 21.0. The van der Waals surface area contributed by atoms with Crippen LogP contribution in [0.15, 0.2) is 24.3 Å². The lowest BCUT2D eigenvalue weighted by atomic mass is 9.53. The number of nitrogens with one attached hydrogen (secondary N) is 1. The van der Waals surface area contributed by atoms with Gasteiger partial charge in [-0.05, 0) is 88.0 Å². The quantitative estimate of drug-likeness (QED) is 0.731. The summed E-state index contributed by atoms with van der Waals surface area (Å²) in [5.74, 6) is 1.82. The van der Waals surface area contributed by atoms with Crippen LogP contribution in [0.4, 0.5) is 0 Å². The van der Waals surface area contributed by atoms with Gasteiger partial charge in [-0.3, -0.25) is 4.79 Å². The number of ether oxygens (including phenoxy) is 2. The summed E-state index contributed by atoms with van der Waals surface area (Å²) in [6.45, 7) is 3.49.